The van der Waals surface area contributed by atoms with Gasteiger partial charge in [0.2, 0.25) is 0 Å². The van der Waals surface area contributed by atoms with Gasteiger partial charge in [-0.25, -0.2) is 4.98 Å². The van der Waals surface area contributed by atoms with Crippen molar-refractivity contribution in [3.8, 4) is 11.8 Å². The van der Waals surface area contributed by atoms with Crippen molar-refractivity contribution >= 4 is 28.5 Å². The first-order valence-electron chi connectivity index (χ1n) is 8.34. The van der Waals surface area contributed by atoms with Crippen LogP contribution in [0.25, 0.3) is 10.9 Å². The first-order valence-corrected chi connectivity index (χ1v) is 8.72. The van der Waals surface area contributed by atoms with Gasteiger partial charge in [0, 0.05) is 13.0 Å². The van der Waals surface area contributed by atoms with E-state index in [9.17, 15) is 9.59 Å². The predicted octanol–water partition coefficient (Wildman–Crippen LogP) is 3.62. The highest BCUT2D eigenvalue weighted by Crippen LogP contribution is 2.25. The first kappa shape index (κ1) is 18.6. The molecular formula is C20H16ClN3O3. The van der Waals surface area contributed by atoms with Gasteiger partial charge >= 0.3 is 5.97 Å². The molecule has 0 saturated heterocycles. The Morgan fingerprint density at radius 2 is 2.15 bits per heavy atom. The fraction of sp³-hybridized carbons (Fsp3) is 0.200. The quantitative estimate of drug-likeness (QED) is 0.497. The number of aromatic nitrogens is 2. The number of benzene rings is 2. The molecule has 0 saturated carbocycles. The van der Waals surface area contributed by atoms with E-state index in [1.165, 1.54) is 29.1 Å². The van der Waals surface area contributed by atoms with Gasteiger partial charge in [-0.05, 0) is 43.2 Å². The maximum atomic E-state index is 12.5. The van der Waals surface area contributed by atoms with Crippen LogP contribution in [0.2, 0.25) is 5.02 Å². The Kier molecular flexibility index (Phi) is 5.53. The van der Waals surface area contributed by atoms with Gasteiger partial charge in [-0.1, -0.05) is 23.7 Å². The molecule has 6 nitrogen and oxygen atoms in total. The van der Waals surface area contributed by atoms with Crippen LogP contribution in [0.5, 0.6) is 5.75 Å². The van der Waals surface area contributed by atoms with Crippen molar-refractivity contribution in [1.29, 1.82) is 5.26 Å². The monoisotopic (exact) mass is 381 g/mol. The summed E-state index contributed by atoms with van der Waals surface area (Å²) in [5.41, 5.74) is 1.89. The van der Waals surface area contributed by atoms with Crippen LogP contribution in [0.4, 0.5) is 0 Å². The number of rotatable bonds is 5. The molecule has 27 heavy (non-hydrogen) atoms. The highest BCUT2D eigenvalue weighted by atomic mass is 35.5. The zero-order valence-corrected chi connectivity index (χ0v) is 15.4. The Morgan fingerprint density at radius 3 is 2.89 bits per heavy atom. The van der Waals surface area contributed by atoms with E-state index >= 15 is 0 Å². The Morgan fingerprint density at radius 1 is 1.33 bits per heavy atom. The van der Waals surface area contributed by atoms with Crippen molar-refractivity contribution in [2.75, 3.05) is 0 Å². The van der Waals surface area contributed by atoms with Crippen molar-refractivity contribution in [3.63, 3.8) is 0 Å². The van der Waals surface area contributed by atoms with Crippen LogP contribution in [0.15, 0.2) is 47.5 Å². The zero-order valence-electron chi connectivity index (χ0n) is 14.6. The van der Waals surface area contributed by atoms with Crippen LogP contribution < -0.4 is 10.3 Å². The lowest BCUT2D eigenvalue weighted by atomic mass is 10.1. The molecule has 0 aliphatic rings. The molecule has 0 unspecified atom stereocenters. The Balaban J connectivity index is 1.62. The van der Waals surface area contributed by atoms with E-state index in [0.29, 0.717) is 29.4 Å². The lowest BCUT2D eigenvalue weighted by Gasteiger charge is -2.08. The van der Waals surface area contributed by atoms with Crippen LogP contribution in [0.1, 0.15) is 24.0 Å². The van der Waals surface area contributed by atoms with E-state index in [4.69, 9.17) is 21.6 Å². The van der Waals surface area contributed by atoms with E-state index in [1.54, 1.807) is 6.07 Å². The maximum absolute atomic E-state index is 12.5. The molecule has 2 aromatic carbocycles. The molecule has 1 heterocycles. The standard InChI is InChI=1S/C20H16ClN3O3/c1-13-4-2-5-15-19(13)23-12-24(20(15)26)9-3-6-18(25)27-17-8-7-14(11-22)10-16(17)21/h2,4-5,7-8,10,12H,3,6,9H2,1H3. The Labute approximate surface area is 160 Å². The molecule has 1 aromatic heterocycles. The highest BCUT2D eigenvalue weighted by molar-refractivity contribution is 6.32. The molecule has 0 fully saturated rings. The van der Waals surface area contributed by atoms with Gasteiger partial charge in [0.1, 0.15) is 5.75 Å². The summed E-state index contributed by atoms with van der Waals surface area (Å²) in [6.45, 7) is 2.26. The third-order valence-electron chi connectivity index (χ3n) is 4.12. The summed E-state index contributed by atoms with van der Waals surface area (Å²) in [6, 6.07) is 11.9. The number of fused-ring (bicyclic) bond motifs is 1. The van der Waals surface area contributed by atoms with E-state index in [1.807, 2.05) is 25.1 Å². The van der Waals surface area contributed by atoms with E-state index in [-0.39, 0.29) is 22.8 Å². The second kappa shape index (κ2) is 8.02. The van der Waals surface area contributed by atoms with Gasteiger partial charge < -0.3 is 4.74 Å². The average molecular weight is 382 g/mol. The third kappa shape index (κ3) is 4.15. The van der Waals surface area contributed by atoms with Crippen molar-refractivity contribution in [2.45, 2.75) is 26.3 Å². The summed E-state index contributed by atoms with van der Waals surface area (Å²) >= 11 is 5.99. The number of esters is 1. The third-order valence-corrected chi connectivity index (χ3v) is 4.42. The second-order valence-corrected chi connectivity index (χ2v) is 6.46. The van der Waals surface area contributed by atoms with Gasteiger partial charge in [0.05, 0.1) is 33.9 Å². The summed E-state index contributed by atoms with van der Waals surface area (Å²) in [6.07, 6.45) is 2.04. The number of nitrogens with zero attached hydrogens (tertiary/aromatic N) is 3. The molecule has 136 valence electrons. The lowest BCUT2D eigenvalue weighted by molar-refractivity contribution is -0.134. The number of ether oxygens (including phenoxy) is 1. The maximum Gasteiger partial charge on any atom is 0.311 e. The number of hydrogen-bond acceptors (Lipinski definition) is 5. The normalized spacial score (nSPS) is 10.6. The van der Waals surface area contributed by atoms with Crippen molar-refractivity contribution < 1.29 is 9.53 Å². The van der Waals surface area contributed by atoms with E-state index in [0.717, 1.165) is 5.56 Å². The molecule has 0 bridgehead atoms. The topological polar surface area (TPSA) is 85.0 Å². The molecule has 3 aromatic rings. The van der Waals surface area contributed by atoms with Gasteiger partial charge in [-0.15, -0.1) is 0 Å². The smallest absolute Gasteiger partial charge is 0.311 e. The van der Waals surface area contributed by atoms with E-state index in [2.05, 4.69) is 4.98 Å². The molecule has 0 amide bonds. The molecule has 0 spiro atoms. The number of carbonyl (C=O) groups excluding carboxylic acids is 1. The number of para-hydroxylation sites is 1. The molecule has 0 radical (unpaired) electrons. The highest BCUT2D eigenvalue weighted by Gasteiger charge is 2.10. The first-order chi connectivity index (χ1) is 13.0. The summed E-state index contributed by atoms with van der Waals surface area (Å²) in [4.78, 5) is 28.9. The zero-order chi connectivity index (χ0) is 19.4. The van der Waals surface area contributed by atoms with Gasteiger partial charge in [-0.2, -0.15) is 5.26 Å². The predicted molar refractivity (Wildman–Crippen MR) is 102 cm³/mol. The largest absolute Gasteiger partial charge is 0.425 e. The molecule has 3 rings (SSSR count). The summed E-state index contributed by atoms with van der Waals surface area (Å²) in [5.74, 6) is -0.250. The van der Waals surface area contributed by atoms with Crippen molar-refractivity contribution in [3.05, 3.63) is 69.2 Å². The van der Waals surface area contributed by atoms with Crippen LogP contribution in [0, 0.1) is 18.3 Å². The molecular weight excluding hydrogens is 366 g/mol. The average Bonchev–Trinajstić information content (AvgIpc) is 2.66. The van der Waals surface area contributed by atoms with Crippen molar-refractivity contribution in [1.82, 2.24) is 9.55 Å². The van der Waals surface area contributed by atoms with Gasteiger partial charge in [0.25, 0.3) is 5.56 Å². The number of carbonyl (C=O) groups is 1. The summed E-state index contributed by atoms with van der Waals surface area (Å²) < 4.78 is 6.71. The Hall–Kier alpha value is -3.17. The number of halogens is 1. The number of nitriles is 1. The lowest BCUT2D eigenvalue weighted by Crippen LogP contribution is -2.21. The summed E-state index contributed by atoms with van der Waals surface area (Å²) in [5, 5.41) is 9.57. The van der Waals surface area contributed by atoms with Crippen LogP contribution >= 0.6 is 11.6 Å². The van der Waals surface area contributed by atoms with E-state index < -0.39 is 5.97 Å². The summed E-state index contributed by atoms with van der Waals surface area (Å²) in [7, 11) is 0. The molecule has 7 heteroatoms. The minimum atomic E-state index is -0.459. The van der Waals surface area contributed by atoms with Gasteiger partial charge in [0.15, 0.2) is 0 Å². The number of aryl methyl sites for hydroxylation is 2. The van der Waals surface area contributed by atoms with Crippen LogP contribution in [-0.2, 0) is 11.3 Å². The van der Waals surface area contributed by atoms with Crippen molar-refractivity contribution in [2.24, 2.45) is 0 Å². The fourth-order valence-corrected chi connectivity index (χ4v) is 2.94. The number of hydrogen-bond donors (Lipinski definition) is 0. The Bertz CT molecular complexity index is 1120. The SMILES string of the molecule is Cc1cccc2c(=O)n(CCCC(=O)Oc3ccc(C#N)cc3Cl)cnc12. The van der Waals surface area contributed by atoms with Gasteiger partial charge in [-0.3, -0.25) is 14.2 Å². The molecule has 0 aliphatic heterocycles. The minimum Gasteiger partial charge on any atom is -0.425 e. The fourth-order valence-electron chi connectivity index (χ4n) is 2.72. The molecule has 0 N–H and O–H groups in total. The second-order valence-electron chi connectivity index (χ2n) is 6.05. The molecule has 0 aliphatic carbocycles. The molecule has 0 atom stereocenters. The minimum absolute atomic E-state index is 0.120. The van der Waals surface area contributed by atoms with Crippen LogP contribution in [-0.4, -0.2) is 15.5 Å². The van der Waals surface area contributed by atoms with Crippen LogP contribution in [0.3, 0.4) is 0 Å².